The Hall–Kier alpha value is -2.64. The number of hydrogen-bond acceptors (Lipinski definition) is 3. The standard InChI is InChI=1S/C28H33F3NO4P/c1-19-6-8-22(15-20(19)2)24(25-10-9-23(29)17-26(25)30)5-3-13-36-28-11-7-21(16-27(28)31)18-32-12-4-14-37(33,34)35/h6-11,15-17,24,32H,3-5,12-14,18H2,1-2H3,(H2,33,34,35). The Morgan fingerprint density at radius 1 is 0.919 bits per heavy atom. The van der Waals surface area contributed by atoms with Gasteiger partial charge in [-0.25, -0.2) is 13.2 Å². The fourth-order valence-electron chi connectivity index (χ4n) is 4.15. The van der Waals surface area contributed by atoms with E-state index in [9.17, 15) is 17.7 Å². The molecule has 0 fully saturated rings. The first-order valence-corrected chi connectivity index (χ1v) is 14.0. The van der Waals surface area contributed by atoms with Gasteiger partial charge < -0.3 is 19.8 Å². The van der Waals surface area contributed by atoms with Crippen molar-refractivity contribution in [2.45, 2.75) is 45.6 Å². The van der Waals surface area contributed by atoms with Gasteiger partial charge in [-0.3, -0.25) is 4.57 Å². The van der Waals surface area contributed by atoms with Crippen LogP contribution in [-0.4, -0.2) is 29.1 Å². The largest absolute Gasteiger partial charge is 0.491 e. The number of rotatable bonds is 13. The molecule has 0 amide bonds. The highest BCUT2D eigenvalue weighted by Gasteiger charge is 2.19. The number of aryl methyl sites for hydroxylation is 2. The molecule has 0 heterocycles. The normalized spacial score (nSPS) is 12.5. The second-order valence-electron chi connectivity index (χ2n) is 9.24. The molecule has 9 heteroatoms. The number of ether oxygens (including phenoxy) is 1. The maximum absolute atomic E-state index is 14.7. The summed E-state index contributed by atoms with van der Waals surface area (Å²) in [7, 11) is -4.01. The SMILES string of the molecule is Cc1ccc(C(CCCOc2ccc(CNCCCP(=O)(O)O)cc2F)c2ccc(F)cc2F)cc1C. The minimum Gasteiger partial charge on any atom is -0.491 e. The van der Waals surface area contributed by atoms with Gasteiger partial charge in [0.15, 0.2) is 11.6 Å². The molecule has 1 unspecified atom stereocenters. The monoisotopic (exact) mass is 535 g/mol. The molecule has 0 aromatic heterocycles. The zero-order valence-corrected chi connectivity index (χ0v) is 21.9. The molecule has 0 saturated heterocycles. The molecule has 3 N–H and O–H groups in total. The van der Waals surface area contributed by atoms with E-state index in [-0.39, 0.29) is 24.4 Å². The molecular formula is C28H33F3NO4P. The van der Waals surface area contributed by atoms with Crippen molar-refractivity contribution in [2.75, 3.05) is 19.3 Å². The van der Waals surface area contributed by atoms with E-state index in [0.717, 1.165) is 22.8 Å². The summed E-state index contributed by atoms with van der Waals surface area (Å²) in [4.78, 5) is 17.7. The van der Waals surface area contributed by atoms with E-state index in [4.69, 9.17) is 14.5 Å². The summed E-state index contributed by atoms with van der Waals surface area (Å²) in [6.45, 7) is 4.98. The highest BCUT2D eigenvalue weighted by atomic mass is 31.2. The number of hydrogen-bond donors (Lipinski definition) is 3. The van der Waals surface area contributed by atoms with Crippen molar-refractivity contribution >= 4 is 7.60 Å². The van der Waals surface area contributed by atoms with Gasteiger partial charge >= 0.3 is 7.60 Å². The molecule has 5 nitrogen and oxygen atoms in total. The fraction of sp³-hybridized carbons (Fsp3) is 0.357. The smallest absolute Gasteiger partial charge is 0.325 e. The van der Waals surface area contributed by atoms with Crippen molar-refractivity contribution in [2.24, 2.45) is 0 Å². The van der Waals surface area contributed by atoms with E-state index in [1.165, 1.54) is 18.2 Å². The van der Waals surface area contributed by atoms with Gasteiger partial charge in [0.05, 0.1) is 12.8 Å². The lowest BCUT2D eigenvalue weighted by Gasteiger charge is -2.20. The summed E-state index contributed by atoms with van der Waals surface area (Å²) >= 11 is 0. The summed E-state index contributed by atoms with van der Waals surface area (Å²) in [5.41, 5.74) is 4.23. The molecule has 1 atom stereocenters. The first-order chi connectivity index (χ1) is 17.5. The zero-order chi connectivity index (χ0) is 27.0. The van der Waals surface area contributed by atoms with E-state index < -0.39 is 25.0 Å². The molecule has 0 aliphatic carbocycles. The van der Waals surface area contributed by atoms with Gasteiger partial charge in [-0.05, 0) is 85.7 Å². The van der Waals surface area contributed by atoms with Gasteiger partial charge in [-0.15, -0.1) is 0 Å². The summed E-state index contributed by atoms with van der Waals surface area (Å²) in [6.07, 6.45) is 1.18. The van der Waals surface area contributed by atoms with Crippen LogP contribution in [0.1, 0.15) is 53.0 Å². The Bertz CT molecular complexity index is 1250. The van der Waals surface area contributed by atoms with Crippen LogP contribution >= 0.6 is 7.60 Å². The molecule has 0 aliphatic rings. The Morgan fingerprint density at radius 3 is 2.38 bits per heavy atom. The van der Waals surface area contributed by atoms with E-state index in [2.05, 4.69) is 5.32 Å². The van der Waals surface area contributed by atoms with Gasteiger partial charge in [0.1, 0.15) is 11.6 Å². The third kappa shape index (κ3) is 9.00. The van der Waals surface area contributed by atoms with Gasteiger partial charge in [0.2, 0.25) is 0 Å². The van der Waals surface area contributed by atoms with E-state index in [1.54, 1.807) is 12.1 Å². The maximum atomic E-state index is 14.7. The molecule has 3 aromatic rings. The average Bonchev–Trinajstić information content (AvgIpc) is 2.82. The van der Waals surface area contributed by atoms with Crippen LogP contribution in [0.25, 0.3) is 0 Å². The molecule has 0 spiro atoms. The second-order valence-corrected chi connectivity index (χ2v) is 11.0. The summed E-state index contributed by atoms with van der Waals surface area (Å²) in [6, 6.07) is 14.2. The van der Waals surface area contributed by atoms with Crippen LogP contribution in [0.3, 0.4) is 0 Å². The molecule has 200 valence electrons. The minimum atomic E-state index is -4.01. The predicted molar refractivity (Wildman–Crippen MR) is 138 cm³/mol. The third-order valence-corrected chi connectivity index (χ3v) is 7.19. The van der Waals surface area contributed by atoms with E-state index in [1.807, 2.05) is 32.0 Å². The van der Waals surface area contributed by atoms with Crippen molar-refractivity contribution in [3.63, 3.8) is 0 Å². The zero-order valence-electron chi connectivity index (χ0n) is 21.0. The van der Waals surface area contributed by atoms with Crippen LogP contribution in [0.15, 0.2) is 54.6 Å². The summed E-state index contributed by atoms with van der Waals surface area (Å²) in [5.74, 6) is -1.92. The van der Waals surface area contributed by atoms with Gasteiger partial charge in [-0.2, -0.15) is 0 Å². The number of halogens is 3. The quantitative estimate of drug-likeness (QED) is 0.175. The highest BCUT2D eigenvalue weighted by Crippen LogP contribution is 2.35. The Labute approximate surface area is 215 Å². The first kappa shape index (κ1) is 28.9. The predicted octanol–water partition coefficient (Wildman–Crippen LogP) is 6.37. The summed E-state index contributed by atoms with van der Waals surface area (Å²) < 4.78 is 59.2. The summed E-state index contributed by atoms with van der Waals surface area (Å²) in [5, 5.41) is 3.03. The lowest BCUT2D eigenvalue weighted by Crippen LogP contribution is -2.16. The molecule has 37 heavy (non-hydrogen) atoms. The van der Waals surface area contributed by atoms with E-state index >= 15 is 0 Å². The lowest BCUT2D eigenvalue weighted by molar-refractivity contribution is 0.289. The van der Waals surface area contributed by atoms with Crippen LogP contribution in [0.2, 0.25) is 0 Å². The highest BCUT2D eigenvalue weighted by molar-refractivity contribution is 7.51. The molecule has 0 radical (unpaired) electrons. The number of nitrogens with one attached hydrogen (secondary N) is 1. The van der Waals surface area contributed by atoms with Gasteiger partial charge in [-0.1, -0.05) is 30.3 Å². The molecule has 3 rings (SSSR count). The van der Waals surface area contributed by atoms with Crippen molar-refractivity contribution < 1.29 is 32.3 Å². The Balaban J connectivity index is 1.57. The van der Waals surface area contributed by atoms with Crippen LogP contribution in [0, 0.1) is 31.3 Å². The molecule has 0 bridgehead atoms. The van der Waals surface area contributed by atoms with Gasteiger partial charge in [0.25, 0.3) is 0 Å². The molecule has 0 saturated carbocycles. The molecule has 0 aliphatic heterocycles. The van der Waals surface area contributed by atoms with Crippen molar-refractivity contribution in [3.05, 3.63) is 99.9 Å². The average molecular weight is 536 g/mol. The molecule has 3 aromatic carbocycles. The second kappa shape index (κ2) is 13.2. The Kier molecular flexibility index (Phi) is 10.4. The topological polar surface area (TPSA) is 78.8 Å². The van der Waals surface area contributed by atoms with Gasteiger partial charge in [0, 0.05) is 18.5 Å². The Morgan fingerprint density at radius 2 is 1.70 bits per heavy atom. The third-order valence-electron chi connectivity index (χ3n) is 6.29. The minimum absolute atomic E-state index is 0.112. The van der Waals surface area contributed by atoms with Crippen molar-refractivity contribution in [1.82, 2.24) is 5.32 Å². The van der Waals surface area contributed by atoms with Crippen molar-refractivity contribution in [1.29, 1.82) is 0 Å². The van der Waals surface area contributed by atoms with E-state index in [0.29, 0.717) is 43.5 Å². The van der Waals surface area contributed by atoms with Crippen LogP contribution < -0.4 is 10.1 Å². The number of benzene rings is 3. The molecular weight excluding hydrogens is 502 g/mol. The van der Waals surface area contributed by atoms with Crippen LogP contribution in [0.4, 0.5) is 13.2 Å². The van der Waals surface area contributed by atoms with Crippen molar-refractivity contribution in [3.8, 4) is 5.75 Å². The first-order valence-electron chi connectivity index (χ1n) is 12.2. The fourth-order valence-corrected chi connectivity index (χ4v) is 4.72. The lowest BCUT2D eigenvalue weighted by atomic mass is 9.86. The van der Waals surface area contributed by atoms with Crippen LogP contribution in [-0.2, 0) is 11.1 Å². The van der Waals surface area contributed by atoms with Crippen LogP contribution in [0.5, 0.6) is 5.75 Å². The maximum Gasteiger partial charge on any atom is 0.325 e.